The van der Waals surface area contributed by atoms with E-state index in [0.717, 1.165) is 12.8 Å². The van der Waals surface area contributed by atoms with Crippen LogP contribution in [0.2, 0.25) is 0 Å². The van der Waals surface area contributed by atoms with Gasteiger partial charge in [0.2, 0.25) is 0 Å². The van der Waals surface area contributed by atoms with E-state index in [1.807, 2.05) is 0 Å². The number of carbonyl (C=O) groups is 1. The zero-order valence-corrected chi connectivity index (χ0v) is 9.18. The van der Waals surface area contributed by atoms with Crippen LogP contribution < -0.4 is 0 Å². The average Bonchev–Trinajstić information content (AvgIpc) is 2.17. The Kier molecular flexibility index (Phi) is 3.95. The van der Waals surface area contributed by atoms with Crippen LogP contribution >= 0.6 is 0 Å². The molecule has 0 amide bonds. The summed E-state index contributed by atoms with van der Waals surface area (Å²) in [6.45, 7) is 6.37. The lowest BCUT2D eigenvalue weighted by atomic mass is 9.79. The zero-order valence-electron chi connectivity index (χ0n) is 9.18. The summed E-state index contributed by atoms with van der Waals surface area (Å²) in [6.07, 6.45) is 6.16. The topological polar surface area (TPSA) is 17.1 Å². The van der Waals surface area contributed by atoms with Crippen LogP contribution in [0.3, 0.4) is 0 Å². The molecule has 1 fully saturated rings. The highest BCUT2D eigenvalue weighted by atomic mass is 16.1. The molecule has 1 heteroatoms. The largest absolute Gasteiger partial charge is 0.299 e. The van der Waals surface area contributed by atoms with Crippen LogP contribution in [0.1, 0.15) is 52.9 Å². The predicted molar refractivity (Wildman–Crippen MR) is 55.6 cm³/mol. The summed E-state index contributed by atoms with van der Waals surface area (Å²) in [5, 5.41) is 0. The smallest absolute Gasteiger partial charge is 0.139 e. The predicted octanol–water partition coefficient (Wildman–Crippen LogP) is 3.43. The van der Waals surface area contributed by atoms with Gasteiger partial charge in [0.1, 0.15) is 5.78 Å². The third-order valence-electron chi connectivity index (χ3n) is 3.46. The van der Waals surface area contributed by atoms with Gasteiger partial charge in [-0.05, 0) is 18.8 Å². The van der Waals surface area contributed by atoms with Crippen LogP contribution in [0.25, 0.3) is 0 Å². The lowest BCUT2D eigenvalue weighted by molar-refractivity contribution is -0.128. The van der Waals surface area contributed by atoms with Crippen molar-refractivity contribution >= 4 is 5.78 Å². The van der Waals surface area contributed by atoms with E-state index < -0.39 is 0 Å². The van der Waals surface area contributed by atoms with Crippen molar-refractivity contribution in [3.8, 4) is 0 Å². The maximum absolute atomic E-state index is 11.9. The van der Waals surface area contributed by atoms with Crippen LogP contribution in [0.5, 0.6) is 0 Å². The minimum atomic E-state index is 0.267. The Labute approximate surface area is 81.9 Å². The van der Waals surface area contributed by atoms with Crippen molar-refractivity contribution < 1.29 is 4.79 Å². The fourth-order valence-corrected chi connectivity index (χ4v) is 2.09. The van der Waals surface area contributed by atoms with E-state index in [4.69, 9.17) is 0 Å². The second kappa shape index (κ2) is 4.78. The van der Waals surface area contributed by atoms with Crippen molar-refractivity contribution in [1.29, 1.82) is 0 Å². The molecule has 0 spiro atoms. The lowest BCUT2D eigenvalue weighted by Crippen LogP contribution is -2.26. The van der Waals surface area contributed by atoms with Crippen molar-refractivity contribution in [3.05, 3.63) is 0 Å². The van der Waals surface area contributed by atoms with Gasteiger partial charge in [0.25, 0.3) is 0 Å². The first-order valence-electron chi connectivity index (χ1n) is 5.66. The van der Waals surface area contributed by atoms with Crippen molar-refractivity contribution in [3.63, 3.8) is 0 Å². The van der Waals surface area contributed by atoms with Crippen LogP contribution in [0, 0.1) is 17.8 Å². The van der Waals surface area contributed by atoms with Crippen molar-refractivity contribution in [1.82, 2.24) is 0 Å². The highest BCUT2D eigenvalue weighted by Crippen LogP contribution is 2.28. The van der Waals surface area contributed by atoms with E-state index >= 15 is 0 Å². The van der Waals surface area contributed by atoms with E-state index in [-0.39, 0.29) is 5.92 Å². The van der Waals surface area contributed by atoms with Gasteiger partial charge in [0.05, 0.1) is 0 Å². The van der Waals surface area contributed by atoms with Gasteiger partial charge < -0.3 is 0 Å². The molecule has 0 aliphatic heterocycles. The summed E-state index contributed by atoms with van der Waals surface area (Å²) in [6, 6.07) is 0. The van der Waals surface area contributed by atoms with Crippen molar-refractivity contribution in [2.24, 2.45) is 17.8 Å². The van der Waals surface area contributed by atoms with Crippen LogP contribution in [-0.2, 0) is 4.79 Å². The summed E-state index contributed by atoms with van der Waals surface area (Å²) >= 11 is 0. The number of carbonyl (C=O) groups excluding carboxylic acids is 1. The van der Waals surface area contributed by atoms with Crippen molar-refractivity contribution in [2.75, 3.05) is 0 Å². The maximum atomic E-state index is 11.9. The molecule has 0 saturated heterocycles. The molecule has 0 N–H and O–H groups in total. The number of ketones is 1. The second-order valence-corrected chi connectivity index (χ2v) is 4.77. The first kappa shape index (κ1) is 10.7. The van der Waals surface area contributed by atoms with Gasteiger partial charge in [-0.2, -0.15) is 0 Å². The summed E-state index contributed by atoms with van der Waals surface area (Å²) in [5.74, 6) is 1.69. The van der Waals surface area contributed by atoms with Crippen LogP contribution in [0.15, 0.2) is 0 Å². The normalized spacial score (nSPS) is 21.8. The van der Waals surface area contributed by atoms with Gasteiger partial charge in [-0.15, -0.1) is 0 Å². The van der Waals surface area contributed by atoms with Gasteiger partial charge in [-0.25, -0.2) is 0 Å². The molecule has 1 saturated carbocycles. The Bertz CT molecular complexity index is 166. The van der Waals surface area contributed by atoms with Gasteiger partial charge in [-0.3, -0.25) is 4.79 Å². The molecule has 1 nitrogen and oxygen atoms in total. The fraction of sp³-hybridized carbons (Fsp3) is 0.917. The Hall–Kier alpha value is -0.330. The first-order chi connectivity index (χ1) is 6.13. The second-order valence-electron chi connectivity index (χ2n) is 4.77. The van der Waals surface area contributed by atoms with E-state index in [2.05, 4.69) is 20.8 Å². The van der Waals surface area contributed by atoms with Crippen LogP contribution in [-0.4, -0.2) is 5.78 Å². The molecule has 76 valence electrons. The molecule has 0 bridgehead atoms. The van der Waals surface area contributed by atoms with Gasteiger partial charge in [0, 0.05) is 11.8 Å². The number of Topliss-reactive ketones (excluding diaryl/α,β-unsaturated/α-hetero) is 1. The molecule has 1 rings (SSSR count). The minimum Gasteiger partial charge on any atom is -0.299 e. The molecule has 1 aliphatic rings. The first-order valence-corrected chi connectivity index (χ1v) is 5.66. The fourth-order valence-electron chi connectivity index (χ4n) is 2.09. The van der Waals surface area contributed by atoms with E-state index in [9.17, 15) is 4.79 Å². The quantitative estimate of drug-likeness (QED) is 0.653. The molecule has 0 aromatic carbocycles. The average molecular weight is 182 g/mol. The van der Waals surface area contributed by atoms with Gasteiger partial charge >= 0.3 is 0 Å². The van der Waals surface area contributed by atoms with E-state index in [0.29, 0.717) is 17.6 Å². The summed E-state index contributed by atoms with van der Waals surface area (Å²) in [4.78, 5) is 11.9. The molecule has 0 heterocycles. The molecule has 1 aliphatic carbocycles. The summed E-state index contributed by atoms with van der Waals surface area (Å²) in [5.41, 5.74) is 0. The van der Waals surface area contributed by atoms with Gasteiger partial charge in [0.15, 0.2) is 0 Å². The molecule has 0 radical (unpaired) electrons. The maximum Gasteiger partial charge on any atom is 0.139 e. The molecule has 0 aromatic heterocycles. The third-order valence-corrected chi connectivity index (χ3v) is 3.46. The molecular weight excluding hydrogens is 160 g/mol. The molecule has 1 unspecified atom stereocenters. The number of rotatable bonds is 3. The van der Waals surface area contributed by atoms with E-state index in [1.165, 1.54) is 19.3 Å². The van der Waals surface area contributed by atoms with Crippen molar-refractivity contribution in [2.45, 2.75) is 52.9 Å². The molecule has 1 atom stereocenters. The highest BCUT2D eigenvalue weighted by molar-refractivity contribution is 5.83. The lowest BCUT2D eigenvalue weighted by Gasteiger charge is -2.25. The Morgan fingerprint density at radius 3 is 2.08 bits per heavy atom. The highest BCUT2D eigenvalue weighted by Gasteiger charge is 2.26. The van der Waals surface area contributed by atoms with E-state index in [1.54, 1.807) is 0 Å². The zero-order chi connectivity index (χ0) is 9.84. The monoisotopic (exact) mass is 182 g/mol. The molecule has 13 heavy (non-hydrogen) atoms. The standard InChI is InChI=1S/C12H22O/c1-9(2)10(3)12(13)11-7-5-4-6-8-11/h9-11H,4-8H2,1-3H3. The minimum absolute atomic E-state index is 0.267. The SMILES string of the molecule is CC(C)C(C)C(=O)C1CCCCC1. The Balaban J connectivity index is 2.45. The number of hydrogen-bond donors (Lipinski definition) is 0. The summed E-state index contributed by atoms with van der Waals surface area (Å²) in [7, 11) is 0. The molecule has 0 aromatic rings. The van der Waals surface area contributed by atoms with Gasteiger partial charge in [-0.1, -0.05) is 40.0 Å². The Morgan fingerprint density at radius 2 is 1.62 bits per heavy atom. The number of hydrogen-bond acceptors (Lipinski definition) is 1. The molecular formula is C12H22O. The third kappa shape index (κ3) is 2.82. The van der Waals surface area contributed by atoms with Crippen LogP contribution in [0.4, 0.5) is 0 Å². The summed E-state index contributed by atoms with van der Waals surface area (Å²) < 4.78 is 0. The Morgan fingerprint density at radius 1 is 1.08 bits per heavy atom.